The number of hydrogen-bond donors (Lipinski definition) is 2. The predicted molar refractivity (Wildman–Crippen MR) is 107 cm³/mol. The number of carbonyl (C=O) groups excluding carboxylic acids is 1. The Bertz CT molecular complexity index is 864. The van der Waals surface area contributed by atoms with Gasteiger partial charge >= 0.3 is 6.03 Å². The van der Waals surface area contributed by atoms with Gasteiger partial charge < -0.3 is 20.4 Å². The second-order valence-corrected chi connectivity index (χ2v) is 7.02. The Morgan fingerprint density at radius 1 is 1.07 bits per heavy atom. The molecule has 146 valence electrons. The third-order valence-corrected chi connectivity index (χ3v) is 5.30. The van der Waals surface area contributed by atoms with Gasteiger partial charge in [0.1, 0.15) is 11.5 Å². The molecule has 2 aromatic rings. The molecule has 3 saturated heterocycles. The van der Waals surface area contributed by atoms with Crippen molar-refractivity contribution in [2.75, 3.05) is 41.7 Å². The number of amides is 2. The van der Waals surface area contributed by atoms with Gasteiger partial charge in [-0.05, 0) is 31.0 Å². The minimum absolute atomic E-state index is 0.143. The second kappa shape index (κ2) is 7.81. The lowest BCUT2D eigenvalue weighted by Gasteiger charge is -2.32. The number of fused-ring (bicyclic) bond motifs is 4. The summed E-state index contributed by atoms with van der Waals surface area (Å²) in [6.45, 7) is 4.30. The maximum absolute atomic E-state index is 12.2. The van der Waals surface area contributed by atoms with Crippen LogP contribution in [-0.4, -0.2) is 53.1 Å². The molecule has 3 aliphatic heterocycles. The molecule has 2 N–H and O–H groups in total. The van der Waals surface area contributed by atoms with Crippen molar-refractivity contribution in [2.24, 2.45) is 0 Å². The Kier molecular flexibility index (Phi) is 5.07. The monoisotopic (exact) mass is 382 g/mol. The van der Waals surface area contributed by atoms with E-state index in [1.165, 1.54) is 12.1 Å². The van der Waals surface area contributed by atoms with Gasteiger partial charge in [-0.15, -0.1) is 0 Å². The molecular weight excluding hydrogens is 360 g/mol. The third kappa shape index (κ3) is 3.89. The normalized spacial score (nSPS) is 21.1. The number of nitrogens with one attached hydrogen (secondary N) is 2. The van der Waals surface area contributed by atoms with Crippen LogP contribution >= 0.6 is 0 Å². The van der Waals surface area contributed by atoms with Gasteiger partial charge in [-0.2, -0.15) is 0 Å². The number of para-hydroxylation sites is 2. The predicted octanol–water partition coefficient (Wildman–Crippen LogP) is 2.92. The van der Waals surface area contributed by atoms with E-state index < -0.39 is 11.0 Å². The fourth-order valence-electron chi connectivity index (χ4n) is 3.84. The van der Waals surface area contributed by atoms with Crippen molar-refractivity contribution in [3.8, 4) is 0 Å². The highest BCUT2D eigenvalue weighted by Crippen LogP contribution is 2.26. The number of nitro groups is 1. The standard InChI is InChI=1S/C19H22N6O3/c26-19(22-16-3-1-2-4-17(16)25(27)28)21-14-5-6-18(20-13-14)24-12-11-23-9-7-15(24)8-10-23/h1-6,13,15H,7-12H2,(H2,21,22,26). The Labute approximate surface area is 162 Å². The van der Waals surface area contributed by atoms with Crippen LogP contribution in [0, 0.1) is 10.1 Å². The molecular formula is C19H22N6O3. The third-order valence-electron chi connectivity index (χ3n) is 5.30. The van der Waals surface area contributed by atoms with Gasteiger partial charge in [0, 0.05) is 38.3 Å². The number of carbonyl (C=O) groups is 1. The summed E-state index contributed by atoms with van der Waals surface area (Å²) in [4.78, 5) is 32.1. The number of anilines is 3. The number of rotatable bonds is 4. The maximum atomic E-state index is 12.2. The van der Waals surface area contributed by atoms with Crippen LogP contribution in [-0.2, 0) is 0 Å². The van der Waals surface area contributed by atoms with E-state index in [2.05, 4.69) is 25.4 Å². The molecule has 0 unspecified atom stereocenters. The van der Waals surface area contributed by atoms with Gasteiger partial charge in [-0.1, -0.05) is 12.1 Å². The molecule has 28 heavy (non-hydrogen) atoms. The molecule has 2 bridgehead atoms. The van der Waals surface area contributed by atoms with Crippen molar-refractivity contribution < 1.29 is 9.72 Å². The number of aromatic nitrogens is 1. The van der Waals surface area contributed by atoms with E-state index in [1.807, 2.05) is 6.07 Å². The average Bonchev–Trinajstić information content (AvgIpc) is 3.03. The molecule has 9 nitrogen and oxygen atoms in total. The Morgan fingerprint density at radius 3 is 2.57 bits per heavy atom. The van der Waals surface area contributed by atoms with Gasteiger partial charge in [0.2, 0.25) is 0 Å². The summed E-state index contributed by atoms with van der Waals surface area (Å²) in [6, 6.07) is 9.70. The lowest BCUT2D eigenvalue weighted by atomic mass is 10.1. The lowest BCUT2D eigenvalue weighted by Crippen LogP contribution is -2.38. The quantitative estimate of drug-likeness (QED) is 0.622. The topological polar surface area (TPSA) is 104 Å². The van der Waals surface area contributed by atoms with Crippen LogP contribution in [0.2, 0.25) is 0 Å². The largest absolute Gasteiger partial charge is 0.352 e. The van der Waals surface area contributed by atoms with E-state index in [0.29, 0.717) is 11.7 Å². The average molecular weight is 382 g/mol. The van der Waals surface area contributed by atoms with Crippen molar-refractivity contribution >= 4 is 28.9 Å². The van der Waals surface area contributed by atoms with Crippen molar-refractivity contribution in [3.63, 3.8) is 0 Å². The zero-order chi connectivity index (χ0) is 19.5. The smallest absolute Gasteiger partial charge is 0.323 e. The molecule has 0 atom stereocenters. The van der Waals surface area contributed by atoms with Crippen molar-refractivity contribution in [3.05, 3.63) is 52.7 Å². The summed E-state index contributed by atoms with van der Waals surface area (Å²) in [5, 5.41) is 16.2. The summed E-state index contributed by atoms with van der Waals surface area (Å²) in [5.74, 6) is 0.915. The first-order valence-electron chi connectivity index (χ1n) is 9.36. The highest BCUT2D eigenvalue weighted by Gasteiger charge is 2.29. The molecule has 9 heteroatoms. The summed E-state index contributed by atoms with van der Waals surface area (Å²) in [6.07, 6.45) is 3.92. The van der Waals surface area contributed by atoms with Crippen LogP contribution in [0.4, 0.5) is 27.7 Å². The van der Waals surface area contributed by atoms with Crippen molar-refractivity contribution in [2.45, 2.75) is 18.9 Å². The molecule has 0 radical (unpaired) electrons. The second-order valence-electron chi connectivity index (χ2n) is 7.02. The Hall–Kier alpha value is -3.20. The highest BCUT2D eigenvalue weighted by molar-refractivity contribution is 6.01. The van der Waals surface area contributed by atoms with E-state index >= 15 is 0 Å². The fraction of sp³-hybridized carbons (Fsp3) is 0.368. The summed E-state index contributed by atoms with van der Waals surface area (Å²) < 4.78 is 0. The number of nitrogens with zero attached hydrogens (tertiary/aromatic N) is 4. The van der Waals surface area contributed by atoms with Gasteiger partial charge in [-0.3, -0.25) is 10.1 Å². The molecule has 0 spiro atoms. The van der Waals surface area contributed by atoms with E-state index in [1.54, 1.807) is 24.4 Å². The molecule has 4 heterocycles. The summed E-state index contributed by atoms with van der Waals surface area (Å²) in [7, 11) is 0. The highest BCUT2D eigenvalue weighted by atomic mass is 16.6. The Balaban J connectivity index is 1.41. The van der Waals surface area contributed by atoms with Gasteiger partial charge in [0.15, 0.2) is 0 Å². The molecule has 0 saturated carbocycles. The molecule has 5 rings (SSSR count). The first kappa shape index (κ1) is 18.2. The van der Waals surface area contributed by atoms with Crippen LogP contribution in [0.15, 0.2) is 42.6 Å². The van der Waals surface area contributed by atoms with E-state index in [0.717, 1.165) is 44.8 Å². The number of hydrogen-bond acceptors (Lipinski definition) is 6. The zero-order valence-corrected chi connectivity index (χ0v) is 15.4. The van der Waals surface area contributed by atoms with Gasteiger partial charge in [0.05, 0.1) is 16.8 Å². The van der Waals surface area contributed by atoms with E-state index in [-0.39, 0.29) is 11.4 Å². The fourth-order valence-corrected chi connectivity index (χ4v) is 3.84. The molecule has 1 aromatic carbocycles. The number of nitro benzene ring substituents is 1. The van der Waals surface area contributed by atoms with Crippen LogP contribution in [0.5, 0.6) is 0 Å². The maximum Gasteiger partial charge on any atom is 0.323 e. The lowest BCUT2D eigenvalue weighted by molar-refractivity contribution is -0.383. The van der Waals surface area contributed by atoms with Crippen LogP contribution < -0.4 is 15.5 Å². The molecule has 0 aliphatic carbocycles. The van der Waals surface area contributed by atoms with Gasteiger partial charge in [0.25, 0.3) is 5.69 Å². The summed E-state index contributed by atoms with van der Waals surface area (Å²) >= 11 is 0. The SMILES string of the molecule is O=C(Nc1ccc(N2CCN3CCC2CC3)nc1)Nc1ccccc1[N+](=O)[O-]. The molecule has 3 aliphatic rings. The van der Waals surface area contributed by atoms with Crippen LogP contribution in [0.3, 0.4) is 0 Å². The molecule has 1 aromatic heterocycles. The van der Waals surface area contributed by atoms with Gasteiger partial charge in [-0.25, -0.2) is 9.78 Å². The Morgan fingerprint density at radius 2 is 1.86 bits per heavy atom. The van der Waals surface area contributed by atoms with Crippen LogP contribution in [0.25, 0.3) is 0 Å². The number of pyridine rings is 1. The zero-order valence-electron chi connectivity index (χ0n) is 15.4. The van der Waals surface area contributed by atoms with Crippen molar-refractivity contribution in [1.29, 1.82) is 0 Å². The number of benzene rings is 1. The molecule has 3 fully saturated rings. The first-order chi connectivity index (χ1) is 13.6. The minimum Gasteiger partial charge on any atom is -0.352 e. The van der Waals surface area contributed by atoms with E-state index in [9.17, 15) is 14.9 Å². The van der Waals surface area contributed by atoms with Crippen LogP contribution in [0.1, 0.15) is 12.8 Å². The number of urea groups is 1. The first-order valence-corrected chi connectivity index (χ1v) is 9.36. The number of piperidine rings is 1. The van der Waals surface area contributed by atoms with Crippen molar-refractivity contribution in [1.82, 2.24) is 9.88 Å². The summed E-state index contributed by atoms with van der Waals surface area (Å²) in [5.41, 5.74) is 0.519. The molecule has 2 amide bonds. The van der Waals surface area contributed by atoms with E-state index in [4.69, 9.17) is 0 Å². The minimum atomic E-state index is -0.551.